The molecule has 0 atom stereocenters. The zero-order valence-electron chi connectivity index (χ0n) is 12.9. The smallest absolute Gasteiger partial charge is 0.140 e. The lowest BCUT2D eigenvalue weighted by Crippen LogP contribution is -2.24. The Morgan fingerprint density at radius 1 is 1.40 bits per heavy atom. The fourth-order valence-corrected chi connectivity index (χ4v) is 2.26. The highest BCUT2D eigenvalue weighted by atomic mass is 16.5. The molecular formula is C16H25N3O. The molecule has 4 heteroatoms. The molecule has 0 unspecified atom stereocenters. The van der Waals surface area contributed by atoms with E-state index >= 15 is 0 Å². The number of ether oxygens (including phenoxy) is 1. The van der Waals surface area contributed by atoms with Gasteiger partial charge in [-0.05, 0) is 44.5 Å². The lowest BCUT2D eigenvalue weighted by atomic mass is 10.1. The molecule has 20 heavy (non-hydrogen) atoms. The summed E-state index contributed by atoms with van der Waals surface area (Å²) in [6, 6.07) is 4.15. The van der Waals surface area contributed by atoms with Crippen LogP contribution >= 0.6 is 0 Å². The molecule has 0 aliphatic heterocycles. The Kier molecular flexibility index (Phi) is 4.78. The Balaban J connectivity index is 2.24. The molecule has 0 aliphatic rings. The van der Waals surface area contributed by atoms with Crippen LogP contribution in [0.2, 0.25) is 0 Å². The first-order valence-electron chi connectivity index (χ1n) is 7.26. The molecule has 0 aliphatic carbocycles. The summed E-state index contributed by atoms with van der Waals surface area (Å²) in [4.78, 5) is 4.53. The van der Waals surface area contributed by atoms with Crippen molar-refractivity contribution in [2.75, 3.05) is 13.7 Å². The fourth-order valence-electron chi connectivity index (χ4n) is 2.26. The van der Waals surface area contributed by atoms with Crippen molar-refractivity contribution in [1.29, 1.82) is 0 Å². The molecule has 2 heterocycles. The van der Waals surface area contributed by atoms with Crippen LogP contribution in [0.1, 0.15) is 32.8 Å². The number of hydrogen-bond acceptors (Lipinski definition) is 3. The van der Waals surface area contributed by atoms with Gasteiger partial charge in [-0.3, -0.25) is 0 Å². The van der Waals surface area contributed by atoms with Crippen molar-refractivity contribution < 1.29 is 4.74 Å². The van der Waals surface area contributed by atoms with Gasteiger partial charge in [0.2, 0.25) is 0 Å². The Hall–Kier alpha value is -1.39. The third-order valence-electron chi connectivity index (χ3n) is 3.79. The largest absolute Gasteiger partial charge is 0.379 e. The maximum atomic E-state index is 5.50. The van der Waals surface area contributed by atoms with Gasteiger partial charge in [-0.25, -0.2) is 4.98 Å². The number of methoxy groups -OCH3 is 1. The molecule has 0 aromatic carbocycles. The molecule has 0 saturated carbocycles. The summed E-state index contributed by atoms with van der Waals surface area (Å²) in [5.74, 6) is 0. The SMILES string of the molecule is CCNCc1cn(CCC(C)(C)OC)c2ncccc12. The summed E-state index contributed by atoms with van der Waals surface area (Å²) in [6.07, 6.45) is 5.04. The van der Waals surface area contributed by atoms with Crippen LogP contribution in [-0.4, -0.2) is 28.8 Å². The second-order valence-electron chi connectivity index (χ2n) is 5.72. The van der Waals surface area contributed by atoms with Gasteiger partial charge in [0.1, 0.15) is 5.65 Å². The molecule has 2 rings (SSSR count). The lowest BCUT2D eigenvalue weighted by molar-refractivity contribution is 0.0123. The van der Waals surface area contributed by atoms with E-state index in [1.165, 1.54) is 10.9 Å². The first-order chi connectivity index (χ1) is 9.57. The first kappa shape index (κ1) is 15.0. The average molecular weight is 275 g/mol. The van der Waals surface area contributed by atoms with Crippen LogP contribution in [0.5, 0.6) is 0 Å². The van der Waals surface area contributed by atoms with Crippen molar-refractivity contribution in [3.63, 3.8) is 0 Å². The highest BCUT2D eigenvalue weighted by molar-refractivity contribution is 5.80. The van der Waals surface area contributed by atoms with E-state index in [9.17, 15) is 0 Å². The molecule has 0 amide bonds. The highest BCUT2D eigenvalue weighted by Gasteiger charge is 2.17. The summed E-state index contributed by atoms with van der Waals surface area (Å²) in [7, 11) is 1.77. The van der Waals surface area contributed by atoms with Gasteiger partial charge < -0.3 is 14.6 Å². The van der Waals surface area contributed by atoms with Gasteiger partial charge in [-0.1, -0.05) is 6.92 Å². The third kappa shape index (κ3) is 3.38. The zero-order valence-corrected chi connectivity index (χ0v) is 12.9. The van der Waals surface area contributed by atoms with Crippen molar-refractivity contribution >= 4 is 11.0 Å². The second-order valence-corrected chi connectivity index (χ2v) is 5.72. The number of hydrogen-bond donors (Lipinski definition) is 1. The van der Waals surface area contributed by atoms with E-state index in [2.05, 4.69) is 47.9 Å². The van der Waals surface area contributed by atoms with Crippen LogP contribution in [0.4, 0.5) is 0 Å². The summed E-state index contributed by atoms with van der Waals surface area (Å²) in [6.45, 7) is 9.14. The van der Waals surface area contributed by atoms with Gasteiger partial charge >= 0.3 is 0 Å². The van der Waals surface area contributed by atoms with E-state index < -0.39 is 0 Å². The second kappa shape index (κ2) is 6.37. The van der Waals surface area contributed by atoms with Crippen LogP contribution in [0.25, 0.3) is 11.0 Å². The summed E-state index contributed by atoms with van der Waals surface area (Å²) < 4.78 is 7.74. The number of rotatable bonds is 7. The Bertz CT molecular complexity index is 560. The van der Waals surface area contributed by atoms with E-state index in [-0.39, 0.29) is 5.60 Å². The number of fused-ring (bicyclic) bond motifs is 1. The van der Waals surface area contributed by atoms with Crippen LogP contribution in [0, 0.1) is 0 Å². The summed E-state index contributed by atoms with van der Waals surface area (Å²) >= 11 is 0. The molecule has 0 radical (unpaired) electrons. The van der Waals surface area contributed by atoms with Crippen molar-refractivity contribution in [1.82, 2.24) is 14.9 Å². The minimum atomic E-state index is -0.104. The van der Waals surface area contributed by atoms with Crippen LogP contribution in [0.3, 0.4) is 0 Å². The Morgan fingerprint density at radius 2 is 2.20 bits per heavy atom. The van der Waals surface area contributed by atoms with E-state index in [0.29, 0.717) is 0 Å². The third-order valence-corrected chi connectivity index (χ3v) is 3.79. The molecule has 0 bridgehead atoms. The van der Waals surface area contributed by atoms with Crippen molar-refractivity contribution in [2.45, 2.75) is 45.9 Å². The van der Waals surface area contributed by atoms with Gasteiger partial charge in [-0.15, -0.1) is 0 Å². The van der Waals surface area contributed by atoms with E-state index in [4.69, 9.17) is 4.74 Å². The Labute approximate surface area is 121 Å². The molecule has 4 nitrogen and oxygen atoms in total. The lowest BCUT2D eigenvalue weighted by Gasteiger charge is -2.23. The minimum absolute atomic E-state index is 0.104. The molecule has 1 N–H and O–H groups in total. The van der Waals surface area contributed by atoms with Crippen molar-refractivity contribution in [3.8, 4) is 0 Å². The predicted octanol–water partition coefficient (Wildman–Crippen LogP) is 2.96. The molecule has 110 valence electrons. The van der Waals surface area contributed by atoms with E-state index in [0.717, 1.165) is 31.7 Å². The molecular weight excluding hydrogens is 250 g/mol. The zero-order chi connectivity index (χ0) is 14.6. The molecule has 0 saturated heterocycles. The van der Waals surface area contributed by atoms with Gasteiger partial charge in [0.05, 0.1) is 5.60 Å². The number of nitrogens with zero attached hydrogens (tertiary/aromatic N) is 2. The summed E-state index contributed by atoms with van der Waals surface area (Å²) in [5, 5.41) is 4.63. The van der Waals surface area contributed by atoms with Gasteiger partial charge in [0.25, 0.3) is 0 Å². The Morgan fingerprint density at radius 3 is 2.90 bits per heavy atom. The minimum Gasteiger partial charge on any atom is -0.379 e. The summed E-state index contributed by atoms with van der Waals surface area (Å²) in [5.41, 5.74) is 2.27. The molecule has 2 aromatic rings. The quantitative estimate of drug-likeness (QED) is 0.844. The van der Waals surface area contributed by atoms with Gasteiger partial charge in [0, 0.05) is 38.0 Å². The normalized spacial score (nSPS) is 12.2. The van der Waals surface area contributed by atoms with Crippen LogP contribution in [0.15, 0.2) is 24.5 Å². The maximum Gasteiger partial charge on any atom is 0.140 e. The molecule has 0 fully saturated rings. The van der Waals surface area contributed by atoms with Gasteiger partial charge in [0.15, 0.2) is 0 Å². The molecule has 0 spiro atoms. The number of nitrogens with one attached hydrogen (secondary N) is 1. The van der Waals surface area contributed by atoms with E-state index in [1.54, 1.807) is 7.11 Å². The standard InChI is InChI=1S/C16H25N3O/c1-5-17-11-13-12-19(10-8-16(2,3)20-4)15-14(13)7-6-9-18-15/h6-7,9,12,17H,5,8,10-11H2,1-4H3. The monoisotopic (exact) mass is 275 g/mol. The van der Waals surface area contributed by atoms with Gasteiger partial charge in [-0.2, -0.15) is 0 Å². The number of aryl methyl sites for hydroxylation is 1. The average Bonchev–Trinajstić information content (AvgIpc) is 2.81. The highest BCUT2D eigenvalue weighted by Crippen LogP contribution is 2.22. The topological polar surface area (TPSA) is 39.1 Å². The van der Waals surface area contributed by atoms with Crippen LogP contribution < -0.4 is 5.32 Å². The predicted molar refractivity (Wildman–Crippen MR) is 82.8 cm³/mol. The first-order valence-corrected chi connectivity index (χ1v) is 7.26. The van der Waals surface area contributed by atoms with Crippen molar-refractivity contribution in [3.05, 3.63) is 30.1 Å². The van der Waals surface area contributed by atoms with E-state index in [1.807, 2.05) is 12.3 Å². The van der Waals surface area contributed by atoms with Crippen molar-refractivity contribution in [2.24, 2.45) is 0 Å². The maximum absolute atomic E-state index is 5.50. The molecule has 2 aromatic heterocycles. The number of pyridine rings is 1. The van der Waals surface area contributed by atoms with Crippen LogP contribution in [-0.2, 0) is 17.8 Å². The fraction of sp³-hybridized carbons (Fsp3) is 0.562. The number of aromatic nitrogens is 2.